The molecule has 1 unspecified atom stereocenters. The molecule has 1 saturated heterocycles. The molecule has 7 nitrogen and oxygen atoms in total. The number of carbonyl (C=O) groups excluding carboxylic acids is 3. The van der Waals surface area contributed by atoms with E-state index in [-0.39, 0.29) is 41.8 Å². The van der Waals surface area contributed by atoms with Crippen LogP contribution in [0.25, 0.3) is 0 Å². The van der Waals surface area contributed by atoms with Gasteiger partial charge in [-0.15, -0.1) is 0 Å². The van der Waals surface area contributed by atoms with Gasteiger partial charge in [-0.2, -0.15) is 0 Å². The molecule has 2 N–H and O–H groups in total. The van der Waals surface area contributed by atoms with Crippen molar-refractivity contribution in [3.63, 3.8) is 0 Å². The van der Waals surface area contributed by atoms with E-state index in [0.29, 0.717) is 0 Å². The number of ether oxygens (including phenoxy) is 1. The predicted octanol–water partition coefficient (Wildman–Crippen LogP) is 3.30. The largest absolute Gasteiger partial charge is 0.505 e. The molecule has 30 heavy (non-hydrogen) atoms. The summed E-state index contributed by atoms with van der Waals surface area (Å²) in [6, 6.07) is 10.4. The molecule has 7 heteroatoms. The van der Waals surface area contributed by atoms with E-state index in [0.717, 1.165) is 29.7 Å². The fraction of sp³-hybridized carbons (Fsp3) is 0.348. The van der Waals surface area contributed by atoms with Gasteiger partial charge in [0.05, 0.1) is 18.7 Å². The van der Waals surface area contributed by atoms with Crippen LogP contribution >= 0.6 is 0 Å². The van der Waals surface area contributed by atoms with Gasteiger partial charge >= 0.3 is 5.97 Å². The number of phenolic OH excluding ortho intramolecular Hbond substituents is 1. The van der Waals surface area contributed by atoms with Crippen molar-refractivity contribution in [2.75, 3.05) is 23.9 Å². The minimum absolute atomic E-state index is 0.0381. The van der Waals surface area contributed by atoms with Crippen molar-refractivity contribution < 1.29 is 24.2 Å². The Morgan fingerprint density at radius 1 is 1.13 bits per heavy atom. The van der Waals surface area contributed by atoms with Crippen LogP contribution in [0.3, 0.4) is 0 Å². The lowest BCUT2D eigenvalue weighted by atomic mass is 10.0. The molecule has 1 aliphatic heterocycles. The molecule has 2 amide bonds. The van der Waals surface area contributed by atoms with Crippen LogP contribution in [0.15, 0.2) is 36.4 Å². The third-order valence-corrected chi connectivity index (χ3v) is 5.43. The first kappa shape index (κ1) is 21.4. The molecule has 2 aromatic carbocycles. The van der Waals surface area contributed by atoms with Crippen molar-refractivity contribution in [2.24, 2.45) is 5.92 Å². The molecular formula is C23H26N2O5. The first-order valence-electron chi connectivity index (χ1n) is 10.0. The highest BCUT2D eigenvalue weighted by Gasteiger charge is 2.37. The molecule has 158 valence electrons. The number of benzene rings is 2. The zero-order chi connectivity index (χ0) is 21.8. The summed E-state index contributed by atoms with van der Waals surface area (Å²) in [6.07, 6.45) is 1.67. The molecule has 0 aromatic heterocycles. The summed E-state index contributed by atoms with van der Waals surface area (Å²) in [5.41, 5.74) is 3.12. The Bertz CT molecular complexity index is 963. The zero-order valence-electron chi connectivity index (χ0n) is 17.4. The number of rotatable bonds is 6. The summed E-state index contributed by atoms with van der Waals surface area (Å²) in [5, 5.41) is 13.0. The number of aryl methyl sites for hydroxylation is 2. The van der Waals surface area contributed by atoms with Gasteiger partial charge in [-0.1, -0.05) is 38.1 Å². The molecule has 1 heterocycles. The van der Waals surface area contributed by atoms with Gasteiger partial charge in [0.25, 0.3) is 0 Å². The maximum absolute atomic E-state index is 12.8. The summed E-state index contributed by atoms with van der Waals surface area (Å²) < 4.78 is 4.63. The van der Waals surface area contributed by atoms with Crippen LogP contribution in [-0.2, 0) is 27.2 Å². The highest BCUT2D eigenvalue weighted by atomic mass is 16.5. The molecular weight excluding hydrogens is 384 g/mol. The maximum atomic E-state index is 12.8. The van der Waals surface area contributed by atoms with Crippen molar-refractivity contribution >= 4 is 29.2 Å². The molecule has 0 radical (unpaired) electrons. The van der Waals surface area contributed by atoms with Crippen LogP contribution in [0.4, 0.5) is 11.4 Å². The van der Waals surface area contributed by atoms with Crippen LogP contribution in [0.5, 0.6) is 5.75 Å². The van der Waals surface area contributed by atoms with Gasteiger partial charge in [-0.3, -0.25) is 9.59 Å². The topological polar surface area (TPSA) is 95.9 Å². The number of aromatic hydroxyl groups is 1. The summed E-state index contributed by atoms with van der Waals surface area (Å²) in [6.45, 7) is 4.35. The quantitative estimate of drug-likeness (QED) is 0.563. The van der Waals surface area contributed by atoms with Crippen LogP contribution in [0, 0.1) is 5.92 Å². The average Bonchev–Trinajstić information content (AvgIpc) is 3.15. The molecule has 3 rings (SSSR count). The second-order valence-corrected chi connectivity index (χ2v) is 7.22. The maximum Gasteiger partial charge on any atom is 0.341 e. The second kappa shape index (κ2) is 8.98. The van der Waals surface area contributed by atoms with E-state index in [9.17, 15) is 19.5 Å². The Morgan fingerprint density at radius 3 is 2.37 bits per heavy atom. The van der Waals surface area contributed by atoms with Crippen molar-refractivity contribution in [2.45, 2.75) is 33.1 Å². The lowest BCUT2D eigenvalue weighted by molar-refractivity contribution is -0.122. The van der Waals surface area contributed by atoms with E-state index in [1.165, 1.54) is 19.2 Å². The van der Waals surface area contributed by atoms with Crippen LogP contribution in [-0.4, -0.2) is 36.5 Å². The van der Waals surface area contributed by atoms with E-state index in [4.69, 9.17) is 0 Å². The van der Waals surface area contributed by atoms with E-state index in [1.54, 1.807) is 11.0 Å². The molecule has 1 aliphatic rings. The van der Waals surface area contributed by atoms with Crippen molar-refractivity contribution in [3.05, 3.63) is 53.1 Å². The standard InChI is InChI=1S/C23H26N2O5/c1-4-14-8-6-9-15(5-2)20(14)25-13-16(12-19(25)26)22(28)24-18-11-7-10-17(21(18)27)23(29)30-3/h6-11,16,27H,4-5,12-13H2,1-3H3,(H,24,28). The van der Waals surface area contributed by atoms with Crippen molar-refractivity contribution in [1.29, 1.82) is 0 Å². The Labute approximate surface area is 175 Å². The zero-order valence-corrected chi connectivity index (χ0v) is 17.4. The Balaban J connectivity index is 1.81. The van der Waals surface area contributed by atoms with E-state index >= 15 is 0 Å². The first-order chi connectivity index (χ1) is 14.4. The highest BCUT2D eigenvalue weighted by molar-refractivity contribution is 6.05. The lowest BCUT2D eigenvalue weighted by Gasteiger charge is -2.23. The number of anilines is 2. The van der Waals surface area contributed by atoms with Gasteiger partial charge in [0.1, 0.15) is 5.56 Å². The van der Waals surface area contributed by atoms with E-state index in [2.05, 4.69) is 10.1 Å². The van der Waals surface area contributed by atoms with Gasteiger partial charge in [0, 0.05) is 18.7 Å². The summed E-state index contributed by atoms with van der Waals surface area (Å²) >= 11 is 0. The third kappa shape index (κ3) is 4.01. The van der Waals surface area contributed by atoms with Crippen molar-refractivity contribution in [1.82, 2.24) is 0 Å². The number of para-hydroxylation sites is 2. The first-order valence-corrected chi connectivity index (χ1v) is 10.0. The average molecular weight is 410 g/mol. The fourth-order valence-corrected chi connectivity index (χ4v) is 3.81. The van der Waals surface area contributed by atoms with Crippen molar-refractivity contribution in [3.8, 4) is 5.75 Å². The number of nitrogens with one attached hydrogen (secondary N) is 1. The predicted molar refractivity (Wildman–Crippen MR) is 114 cm³/mol. The number of methoxy groups -OCH3 is 1. The normalized spacial score (nSPS) is 15.9. The summed E-state index contributed by atoms with van der Waals surface area (Å²) in [4.78, 5) is 39.0. The number of nitrogens with zero attached hydrogens (tertiary/aromatic N) is 1. The molecule has 1 atom stereocenters. The Morgan fingerprint density at radius 2 is 1.77 bits per heavy atom. The number of phenols is 1. The van der Waals surface area contributed by atoms with Crippen LogP contribution < -0.4 is 10.2 Å². The second-order valence-electron chi connectivity index (χ2n) is 7.22. The number of esters is 1. The smallest absolute Gasteiger partial charge is 0.341 e. The minimum atomic E-state index is -0.700. The third-order valence-electron chi connectivity index (χ3n) is 5.43. The number of hydrogen-bond acceptors (Lipinski definition) is 5. The van der Waals surface area contributed by atoms with Gasteiger partial charge in [-0.05, 0) is 36.1 Å². The molecule has 0 bridgehead atoms. The summed E-state index contributed by atoms with van der Waals surface area (Å²) in [7, 11) is 1.21. The van der Waals surface area contributed by atoms with Gasteiger partial charge in [-0.25, -0.2) is 4.79 Å². The Kier molecular flexibility index (Phi) is 6.40. The van der Waals surface area contributed by atoms with Gasteiger partial charge in [0.15, 0.2) is 5.75 Å². The lowest BCUT2D eigenvalue weighted by Crippen LogP contribution is -2.29. The van der Waals surface area contributed by atoms with Crippen LogP contribution in [0.1, 0.15) is 41.8 Å². The number of carbonyl (C=O) groups is 3. The van der Waals surface area contributed by atoms with Gasteiger partial charge in [0.2, 0.25) is 11.8 Å². The monoisotopic (exact) mass is 410 g/mol. The Hall–Kier alpha value is -3.35. The molecule has 2 aromatic rings. The SMILES string of the molecule is CCc1cccc(CC)c1N1CC(C(=O)Nc2cccc(C(=O)OC)c2O)CC1=O. The number of hydrogen-bond donors (Lipinski definition) is 2. The van der Waals surface area contributed by atoms with Gasteiger partial charge < -0.3 is 20.1 Å². The molecule has 0 aliphatic carbocycles. The highest BCUT2D eigenvalue weighted by Crippen LogP contribution is 2.34. The van der Waals surface area contributed by atoms with Crippen LogP contribution in [0.2, 0.25) is 0 Å². The molecule has 0 saturated carbocycles. The van der Waals surface area contributed by atoms with E-state index < -0.39 is 11.9 Å². The van der Waals surface area contributed by atoms with E-state index in [1.807, 2.05) is 32.0 Å². The fourth-order valence-electron chi connectivity index (χ4n) is 3.81. The minimum Gasteiger partial charge on any atom is -0.505 e. The molecule has 1 fully saturated rings. The number of amides is 2. The molecule has 0 spiro atoms. The summed E-state index contributed by atoms with van der Waals surface area (Å²) in [5.74, 6) is -2.10.